The molecule has 1 fully saturated rings. The van der Waals surface area contributed by atoms with Gasteiger partial charge in [-0.15, -0.1) is 5.10 Å². The normalized spacial score (nSPS) is 17.4. The van der Waals surface area contributed by atoms with Crippen LogP contribution < -0.4 is 11.3 Å². The molecule has 0 spiro atoms. The van der Waals surface area contributed by atoms with E-state index in [1.54, 1.807) is 4.68 Å². The van der Waals surface area contributed by atoms with E-state index in [9.17, 15) is 8.42 Å². The minimum Gasteiger partial charge on any atom is -0.378 e. The molecule has 0 unspecified atom stereocenters. The lowest BCUT2D eigenvalue weighted by Crippen LogP contribution is -2.40. The van der Waals surface area contributed by atoms with E-state index in [4.69, 9.17) is 27.8 Å². The van der Waals surface area contributed by atoms with E-state index >= 15 is 0 Å². The predicted molar refractivity (Wildman–Crippen MR) is 101 cm³/mol. The standard InChI is InChI=1S/C15H28BN5O5S/c16-15-14(13-20-3-11-27(22,23)12-4-20)18-19-21(15)2-6-25-8-10-26-9-7-24-5-1-17/h1-13,17H2. The number of hydrogen-bond donors (Lipinski definition) is 1. The summed E-state index contributed by atoms with van der Waals surface area (Å²) in [6, 6.07) is 0. The lowest BCUT2D eigenvalue weighted by Gasteiger charge is -2.25. The van der Waals surface area contributed by atoms with E-state index in [2.05, 4.69) is 10.3 Å². The highest BCUT2D eigenvalue weighted by atomic mass is 32.2. The Balaban J connectivity index is 1.59. The molecule has 0 aliphatic carbocycles. The molecule has 0 aromatic carbocycles. The van der Waals surface area contributed by atoms with Crippen molar-refractivity contribution in [3.05, 3.63) is 5.69 Å². The molecule has 1 aromatic heterocycles. The van der Waals surface area contributed by atoms with Crippen molar-refractivity contribution in [1.29, 1.82) is 0 Å². The highest BCUT2D eigenvalue weighted by molar-refractivity contribution is 7.91. The van der Waals surface area contributed by atoms with Gasteiger partial charge in [0.05, 0.1) is 63.4 Å². The molecule has 1 aliphatic heterocycles. The summed E-state index contributed by atoms with van der Waals surface area (Å²) in [7, 11) is 3.19. The third-order valence-electron chi connectivity index (χ3n) is 4.11. The molecule has 2 rings (SSSR count). The first-order chi connectivity index (χ1) is 13.0. The van der Waals surface area contributed by atoms with E-state index in [1.807, 2.05) is 4.90 Å². The van der Waals surface area contributed by atoms with Gasteiger partial charge in [0, 0.05) is 31.8 Å². The summed E-state index contributed by atoms with van der Waals surface area (Å²) < 4.78 is 40.6. The highest BCUT2D eigenvalue weighted by Gasteiger charge is 2.22. The minimum atomic E-state index is -2.89. The zero-order valence-corrected chi connectivity index (χ0v) is 16.4. The molecule has 1 aromatic rings. The maximum absolute atomic E-state index is 11.5. The number of ether oxygens (including phenoxy) is 3. The molecule has 2 radical (unpaired) electrons. The van der Waals surface area contributed by atoms with Gasteiger partial charge in [-0.1, -0.05) is 5.21 Å². The highest BCUT2D eigenvalue weighted by Crippen LogP contribution is 2.06. The van der Waals surface area contributed by atoms with E-state index in [0.29, 0.717) is 83.7 Å². The lowest BCUT2D eigenvalue weighted by atomic mass is 10.0. The second-order valence-electron chi connectivity index (χ2n) is 6.20. The topological polar surface area (TPSA) is 122 Å². The van der Waals surface area contributed by atoms with Crippen molar-refractivity contribution in [2.45, 2.75) is 13.1 Å². The van der Waals surface area contributed by atoms with E-state index in [-0.39, 0.29) is 11.5 Å². The Morgan fingerprint density at radius 3 is 2.22 bits per heavy atom. The molecule has 152 valence electrons. The fraction of sp³-hybridized carbons (Fsp3) is 0.867. The molecule has 12 heteroatoms. The van der Waals surface area contributed by atoms with Gasteiger partial charge in [0.1, 0.15) is 7.85 Å². The number of aromatic nitrogens is 3. The van der Waals surface area contributed by atoms with E-state index < -0.39 is 9.84 Å². The van der Waals surface area contributed by atoms with Crippen LogP contribution in [-0.2, 0) is 37.1 Å². The van der Waals surface area contributed by atoms with Crippen molar-refractivity contribution in [2.24, 2.45) is 5.73 Å². The number of nitrogens with zero attached hydrogens (tertiary/aromatic N) is 4. The predicted octanol–water partition coefficient (Wildman–Crippen LogP) is -2.69. The minimum absolute atomic E-state index is 0.177. The maximum atomic E-state index is 11.5. The van der Waals surface area contributed by atoms with Crippen molar-refractivity contribution in [2.75, 3.05) is 70.8 Å². The summed E-state index contributed by atoms with van der Waals surface area (Å²) >= 11 is 0. The van der Waals surface area contributed by atoms with Crippen LogP contribution in [0.4, 0.5) is 0 Å². The Kier molecular flexibility index (Phi) is 9.66. The number of hydrogen-bond acceptors (Lipinski definition) is 9. The summed E-state index contributed by atoms with van der Waals surface area (Å²) in [6.45, 7) is 5.48. The van der Waals surface area contributed by atoms with Crippen LogP contribution in [-0.4, -0.2) is 107 Å². The van der Waals surface area contributed by atoms with Gasteiger partial charge < -0.3 is 19.9 Å². The third kappa shape index (κ3) is 8.24. The fourth-order valence-electron chi connectivity index (χ4n) is 2.53. The number of nitrogens with two attached hydrogens (primary N) is 1. The zero-order valence-electron chi connectivity index (χ0n) is 15.6. The number of sulfone groups is 1. The van der Waals surface area contributed by atoms with Gasteiger partial charge in [-0.05, 0) is 0 Å². The van der Waals surface area contributed by atoms with E-state index in [0.717, 1.165) is 0 Å². The molecule has 10 nitrogen and oxygen atoms in total. The molecule has 0 amide bonds. The van der Waals surface area contributed by atoms with Gasteiger partial charge in [0.25, 0.3) is 0 Å². The average Bonchev–Trinajstić information content (AvgIpc) is 2.98. The first-order valence-electron chi connectivity index (χ1n) is 9.06. The summed E-state index contributed by atoms with van der Waals surface area (Å²) in [5, 5.41) is 8.15. The second kappa shape index (κ2) is 11.7. The van der Waals surface area contributed by atoms with Crippen LogP contribution in [0.5, 0.6) is 0 Å². The molecule has 0 saturated carbocycles. The molecular weight excluding hydrogens is 373 g/mol. The molecule has 27 heavy (non-hydrogen) atoms. The van der Waals surface area contributed by atoms with Crippen LogP contribution in [0.25, 0.3) is 0 Å². The van der Waals surface area contributed by atoms with Crippen molar-refractivity contribution in [3.8, 4) is 0 Å². The summed E-state index contributed by atoms with van der Waals surface area (Å²) in [5.74, 6) is 0.353. The first kappa shape index (κ1) is 22.2. The van der Waals surface area contributed by atoms with Gasteiger partial charge >= 0.3 is 0 Å². The monoisotopic (exact) mass is 401 g/mol. The van der Waals surface area contributed by atoms with Gasteiger partial charge in [0.15, 0.2) is 9.84 Å². The quantitative estimate of drug-likeness (QED) is 0.278. The van der Waals surface area contributed by atoms with E-state index in [1.165, 1.54) is 0 Å². The molecule has 0 atom stereocenters. The maximum Gasteiger partial charge on any atom is 0.152 e. The Labute approximate surface area is 161 Å². The van der Waals surface area contributed by atoms with Crippen molar-refractivity contribution < 1.29 is 22.6 Å². The Morgan fingerprint density at radius 2 is 1.59 bits per heavy atom. The smallest absolute Gasteiger partial charge is 0.152 e. The van der Waals surface area contributed by atoms with Gasteiger partial charge in [-0.3, -0.25) is 9.58 Å². The average molecular weight is 401 g/mol. The second-order valence-corrected chi connectivity index (χ2v) is 8.50. The first-order valence-corrected chi connectivity index (χ1v) is 10.9. The molecule has 2 N–H and O–H groups in total. The Hall–Kier alpha value is -1.05. The van der Waals surface area contributed by atoms with Crippen LogP contribution in [0, 0.1) is 0 Å². The molecule has 1 saturated heterocycles. The largest absolute Gasteiger partial charge is 0.378 e. The fourth-order valence-corrected chi connectivity index (χ4v) is 3.81. The van der Waals surface area contributed by atoms with Crippen LogP contribution in [0.1, 0.15) is 5.69 Å². The van der Waals surface area contributed by atoms with Gasteiger partial charge in [0.2, 0.25) is 0 Å². The number of rotatable bonds is 13. The van der Waals surface area contributed by atoms with Crippen LogP contribution in [0.15, 0.2) is 0 Å². The lowest BCUT2D eigenvalue weighted by molar-refractivity contribution is 0.0142. The van der Waals surface area contributed by atoms with Crippen LogP contribution >= 0.6 is 0 Å². The molecule has 1 aliphatic rings. The summed E-state index contributed by atoms with van der Waals surface area (Å²) in [4.78, 5) is 2.02. The molecular formula is C15H28BN5O5S. The van der Waals surface area contributed by atoms with Crippen molar-refractivity contribution >= 4 is 23.3 Å². The zero-order chi connectivity index (χ0) is 19.5. The van der Waals surface area contributed by atoms with Crippen LogP contribution in [0.2, 0.25) is 0 Å². The SMILES string of the molecule is [B]c1c(CN2CCS(=O)(=O)CC2)nnn1CCOCCOCCOCCN. The Bertz CT molecular complexity index is 643. The van der Waals surface area contributed by atoms with Crippen molar-refractivity contribution in [3.63, 3.8) is 0 Å². The summed E-state index contributed by atoms with van der Waals surface area (Å²) in [6.07, 6.45) is 0. The van der Waals surface area contributed by atoms with Crippen LogP contribution in [0.3, 0.4) is 0 Å². The Morgan fingerprint density at radius 1 is 1.00 bits per heavy atom. The van der Waals surface area contributed by atoms with Crippen molar-refractivity contribution in [1.82, 2.24) is 19.9 Å². The third-order valence-corrected chi connectivity index (χ3v) is 5.72. The molecule has 0 bridgehead atoms. The van der Waals surface area contributed by atoms with Gasteiger partial charge in [-0.25, -0.2) is 8.42 Å². The molecule has 2 heterocycles. The van der Waals surface area contributed by atoms with Gasteiger partial charge in [-0.2, -0.15) is 0 Å². The summed E-state index contributed by atoms with van der Waals surface area (Å²) in [5.41, 5.74) is 6.46.